The van der Waals surface area contributed by atoms with Crippen molar-refractivity contribution in [2.24, 2.45) is 5.10 Å². The number of hydrazone groups is 1. The quantitative estimate of drug-likeness (QED) is 0.326. The highest BCUT2D eigenvalue weighted by Gasteiger charge is 2.12. The maximum atomic E-state index is 11.7. The lowest BCUT2D eigenvalue weighted by atomic mass is 10.2. The number of thioether (sulfide) groups is 1. The van der Waals surface area contributed by atoms with Crippen LogP contribution in [-0.2, 0) is 4.79 Å². The smallest absolute Gasteiger partial charge is 0.311 e. The lowest BCUT2D eigenvalue weighted by molar-refractivity contribution is -0.385. The van der Waals surface area contributed by atoms with Gasteiger partial charge in [0.25, 0.3) is 5.69 Å². The molecule has 0 unspecified atom stereocenters. The first-order valence-electron chi connectivity index (χ1n) is 7.03. The standard InChI is InChI=1S/C15H12N4O6S/c20-14-6-1-10(7-13(14)19(24)25)8-16-17-15(21)9-26-12-4-2-11(3-5-12)18(22)23/h1-8,20H,9H2,(H,17,21)/b16-8-. The van der Waals surface area contributed by atoms with Crippen LogP contribution in [0.1, 0.15) is 5.56 Å². The van der Waals surface area contributed by atoms with E-state index < -0.39 is 27.2 Å². The number of carbonyl (C=O) groups excluding carboxylic acids is 1. The van der Waals surface area contributed by atoms with Gasteiger partial charge in [-0.1, -0.05) is 0 Å². The fraction of sp³-hybridized carbons (Fsp3) is 0.0667. The Hall–Kier alpha value is -3.47. The van der Waals surface area contributed by atoms with E-state index in [1.54, 1.807) is 0 Å². The van der Waals surface area contributed by atoms with Gasteiger partial charge in [-0.2, -0.15) is 5.10 Å². The van der Waals surface area contributed by atoms with E-state index in [9.17, 15) is 30.1 Å². The summed E-state index contributed by atoms with van der Waals surface area (Å²) in [5, 5.41) is 34.3. The number of nitrogens with one attached hydrogen (secondary N) is 1. The first-order chi connectivity index (χ1) is 12.4. The van der Waals surface area contributed by atoms with Crippen molar-refractivity contribution >= 4 is 35.3 Å². The molecule has 10 nitrogen and oxygen atoms in total. The van der Waals surface area contributed by atoms with E-state index in [4.69, 9.17) is 0 Å². The van der Waals surface area contributed by atoms with Crippen LogP contribution >= 0.6 is 11.8 Å². The number of hydrogen-bond acceptors (Lipinski definition) is 8. The van der Waals surface area contributed by atoms with Gasteiger partial charge in [-0.25, -0.2) is 5.43 Å². The largest absolute Gasteiger partial charge is 0.502 e. The molecular weight excluding hydrogens is 364 g/mol. The zero-order valence-electron chi connectivity index (χ0n) is 13.1. The van der Waals surface area contributed by atoms with Gasteiger partial charge in [0, 0.05) is 28.7 Å². The Morgan fingerprint density at radius 1 is 1.15 bits per heavy atom. The second-order valence-corrected chi connectivity index (χ2v) is 5.89. The van der Waals surface area contributed by atoms with Crippen LogP contribution in [-0.4, -0.2) is 32.8 Å². The molecule has 0 atom stereocenters. The number of benzene rings is 2. The lowest BCUT2D eigenvalue weighted by Crippen LogP contribution is -2.19. The molecule has 0 radical (unpaired) electrons. The first kappa shape index (κ1) is 18.9. The number of aromatic hydroxyl groups is 1. The van der Waals surface area contributed by atoms with Gasteiger partial charge in [0.2, 0.25) is 5.91 Å². The molecule has 0 aliphatic carbocycles. The molecule has 0 aromatic heterocycles. The highest BCUT2D eigenvalue weighted by molar-refractivity contribution is 8.00. The summed E-state index contributed by atoms with van der Waals surface area (Å²) < 4.78 is 0. The fourth-order valence-corrected chi connectivity index (χ4v) is 2.48. The maximum Gasteiger partial charge on any atom is 0.311 e. The third kappa shape index (κ3) is 5.27. The summed E-state index contributed by atoms with van der Waals surface area (Å²) in [6.07, 6.45) is 1.21. The summed E-state index contributed by atoms with van der Waals surface area (Å²) in [5.41, 5.74) is 2.10. The number of hydrogen-bond donors (Lipinski definition) is 2. The molecule has 0 fully saturated rings. The molecular formula is C15H12N4O6S. The fourth-order valence-electron chi connectivity index (χ4n) is 1.79. The van der Waals surface area contributed by atoms with Gasteiger partial charge in [-0.05, 0) is 24.3 Å². The summed E-state index contributed by atoms with van der Waals surface area (Å²) in [6, 6.07) is 9.45. The molecule has 11 heteroatoms. The van der Waals surface area contributed by atoms with Gasteiger partial charge in [-0.3, -0.25) is 25.0 Å². The average molecular weight is 376 g/mol. The minimum atomic E-state index is -0.730. The monoisotopic (exact) mass is 376 g/mol. The minimum absolute atomic E-state index is 0.0326. The van der Waals surface area contributed by atoms with E-state index in [1.165, 1.54) is 48.3 Å². The van der Waals surface area contributed by atoms with Gasteiger partial charge in [0.1, 0.15) is 0 Å². The normalized spacial score (nSPS) is 10.6. The molecule has 26 heavy (non-hydrogen) atoms. The number of carbonyl (C=O) groups is 1. The van der Waals surface area contributed by atoms with E-state index in [-0.39, 0.29) is 11.4 Å². The lowest BCUT2D eigenvalue weighted by Gasteiger charge is -2.01. The molecule has 0 heterocycles. The summed E-state index contributed by atoms with van der Waals surface area (Å²) in [4.78, 5) is 32.4. The van der Waals surface area contributed by atoms with Gasteiger partial charge >= 0.3 is 5.69 Å². The van der Waals surface area contributed by atoms with Crippen LogP contribution in [0, 0.1) is 20.2 Å². The molecule has 0 spiro atoms. The third-order valence-electron chi connectivity index (χ3n) is 3.02. The Balaban J connectivity index is 1.86. The second kappa shape index (κ2) is 8.58. The van der Waals surface area contributed by atoms with Crippen molar-refractivity contribution in [1.82, 2.24) is 5.43 Å². The Kier molecular flexibility index (Phi) is 6.22. The van der Waals surface area contributed by atoms with Crippen molar-refractivity contribution in [1.29, 1.82) is 0 Å². The number of nitrogens with zero attached hydrogens (tertiary/aromatic N) is 3. The van der Waals surface area contributed by atoms with Crippen molar-refractivity contribution in [3.8, 4) is 5.75 Å². The van der Waals surface area contributed by atoms with Crippen molar-refractivity contribution in [2.45, 2.75) is 4.90 Å². The first-order valence-corrected chi connectivity index (χ1v) is 8.02. The van der Waals surface area contributed by atoms with Crippen LogP contribution in [0.5, 0.6) is 5.75 Å². The Labute approximate surface area is 150 Å². The van der Waals surface area contributed by atoms with Crippen molar-refractivity contribution in [2.75, 3.05) is 5.75 Å². The average Bonchev–Trinajstić information content (AvgIpc) is 2.61. The maximum absolute atomic E-state index is 11.7. The molecule has 2 N–H and O–H groups in total. The number of nitro groups is 2. The predicted molar refractivity (Wildman–Crippen MR) is 94.3 cm³/mol. The molecule has 2 rings (SSSR count). The van der Waals surface area contributed by atoms with Crippen LogP contribution in [0.4, 0.5) is 11.4 Å². The molecule has 0 aliphatic rings. The number of nitro benzene ring substituents is 2. The molecule has 0 saturated carbocycles. The summed E-state index contributed by atoms with van der Waals surface area (Å²) in [7, 11) is 0. The molecule has 134 valence electrons. The molecule has 2 aromatic carbocycles. The van der Waals surface area contributed by atoms with E-state index in [1.807, 2.05) is 0 Å². The Bertz CT molecular complexity index is 869. The topological polar surface area (TPSA) is 148 Å². The van der Waals surface area contributed by atoms with Gasteiger partial charge in [0.15, 0.2) is 5.75 Å². The van der Waals surface area contributed by atoms with Gasteiger partial charge < -0.3 is 5.11 Å². The number of rotatable bonds is 7. The zero-order valence-corrected chi connectivity index (χ0v) is 13.9. The van der Waals surface area contributed by atoms with Crippen LogP contribution < -0.4 is 5.43 Å². The molecule has 2 aromatic rings. The van der Waals surface area contributed by atoms with Gasteiger partial charge in [0.05, 0.1) is 21.8 Å². The van der Waals surface area contributed by atoms with E-state index in [0.717, 1.165) is 12.1 Å². The van der Waals surface area contributed by atoms with E-state index in [0.29, 0.717) is 10.5 Å². The van der Waals surface area contributed by atoms with E-state index >= 15 is 0 Å². The Morgan fingerprint density at radius 2 is 1.85 bits per heavy atom. The Morgan fingerprint density at radius 3 is 2.46 bits per heavy atom. The number of phenolic OH excluding ortho intramolecular Hbond substituents is 1. The van der Waals surface area contributed by atoms with Crippen molar-refractivity contribution in [3.05, 3.63) is 68.3 Å². The highest BCUT2D eigenvalue weighted by Crippen LogP contribution is 2.25. The molecule has 0 bridgehead atoms. The van der Waals surface area contributed by atoms with Crippen LogP contribution in [0.3, 0.4) is 0 Å². The summed E-state index contributed by atoms with van der Waals surface area (Å²) in [6.45, 7) is 0. The van der Waals surface area contributed by atoms with Crippen molar-refractivity contribution < 1.29 is 19.7 Å². The number of amides is 1. The van der Waals surface area contributed by atoms with E-state index in [2.05, 4.69) is 10.5 Å². The summed E-state index contributed by atoms with van der Waals surface area (Å²) in [5.74, 6) is -0.848. The van der Waals surface area contributed by atoms with Crippen LogP contribution in [0.25, 0.3) is 0 Å². The third-order valence-corrected chi connectivity index (χ3v) is 4.03. The number of non-ortho nitro benzene ring substituents is 1. The highest BCUT2D eigenvalue weighted by atomic mass is 32.2. The zero-order chi connectivity index (χ0) is 19.1. The minimum Gasteiger partial charge on any atom is -0.502 e. The number of phenols is 1. The molecule has 1 amide bonds. The summed E-state index contributed by atoms with van der Waals surface area (Å²) >= 11 is 1.17. The molecule has 0 saturated heterocycles. The second-order valence-electron chi connectivity index (χ2n) is 4.84. The SMILES string of the molecule is O=C(CSc1ccc([N+](=O)[O-])cc1)N/N=C\c1ccc(O)c([N+](=O)[O-])c1. The van der Waals surface area contributed by atoms with Gasteiger partial charge in [-0.15, -0.1) is 11.8 Å². The molecule has 0 aliphatic heterocycles. The van der Waals surface area contributed by atoms with Crippen LogP contribution in [0.2, 0.25) is 0 Å². The predicted octanol–water partition coefficient (Wildman–Crippen LogP) is 2.45. The van der Waals surface area contributed by atoms with Crippen molar-refractivity contribution in [3.63, 3.8) is 0 Å². The van der Waals surface area contributed by atoms with Crippen LogP contribution in [0.15, 0.2) is 52.5 Å².